The third-order valence-corrected chi connectivity index (χ3v) is 4.61. The third kappa shape index (κ3) is 7.14. The van der Waals surface area contributed by atoms with Crippen LogP contribution in [0, 0.1) is 5.92 Å². The Bertz CT molecular complexity index is 716. The van der Waals surface area contributed by atoms with Gasteiger partial charge in [0.1, 0.15) is 5.75 Å². The Kier molecular flexibility index (Phi) is 7.95. The summed E-state index contributed by atoms with van der Waals surface area (Å²) in [4.78, 5) is 16.5. The Morgan fingerprint density at radius 1 is 1.31 bits per heavy atom. The van der Waals surface area contributed by atoms with E-state index in [4.69, 9.17) is 10.5 Å². The van der Waals surface area contributed by atoms with Gasteiger partial charge in [-0.05, 0) is 41.5 Å². The number of hydrogen-bond donors (Lipinski definition) is 3. The Morgan fingerprint density at radius 3 is 2.85 bits per heavy atom. The molecule has 1 atom stereocenters. The predicted octanol–water partition coefficient (Wildman–Crippen LogP) is 2.16. The molecule has 0 aliphatic rings. The lowest BCUT2D eigenvalue weighted by Crippen LogP contribution is -2.39. The molecule has 0 radical (unpaired) electrons. The molecule has 1 amide bonds. The van der Waals surface area contributed by atoms with Crippen LogP contribution in [0.2, 0.25) is 0 Å². The fourth-order valence-corrected chi connectivity index (χ4v) is 3.29. The van der Waals surface area contributed by atoms with Crippen molar-refractivity contribution in [3.05, 3.63) is 52.2 Å². The molecule has 0 saturated heterocycles. The number of aliphatic imine (C=N–C) groups is 1. The fourth-order valence-electron chi connectivity index (χ4n) is 2.42. The number of benzene rings is 1. The van der Waals surface area contributed by atoms with Crippen molar-refractivity contribution in [3.63, 3.8) is 0 Å². The van der Waals surface area contributed by atoms with Gasteiger partial charge in [0.2, 0.25) is 0 Å². The zero-order valence-electron chi connectivity index (χ0n) is 15.2. The summed E-state index contributed by atoms with van der Waals surface area (Å²) < 4.78 is 5.32. The second-order valence-electron chi connectivity index (χ2n) is 6.10. The second kappa shape index (κ2) is 10.5. The third-order valence-electron chi connectivity index (χ3n) is 3.71. The van der Waals surface area contributed by atoms with E-state index < -0.39 is 5.91 Å². The summed E-state index contributed by atoms with van der Waals surface area (Å²) in [7, 11) is 1.76. The summed E-state index contributed by atoms with van der Waals surface area (Å²) in [6.45, 7) is 3.55. The molecule has 0 aliphatic heterocycles. The molecule has 26 heavy (non-hydrogen) atoms. The molecule has 1 aromatic heterocycles. The number of thiophene rings is 1. The van der Waals surface area contributed by atoms with Crippen molar-refractivity contribution in [2.45, 2.75) is 19.9 Å². The lowest BCUT2D eigenvalue weighted by Gasteiger charge is -2.16. The second-order valence-corrected chi connectivity index (χ2v) is 7.13. The average Bonchev–Trinajstić information content (AvgIpc) is 3.13. The van der Waals surface area contributed by atoms with E-state index in [-0.39, 0.29) is 6.61 Å². The van der Waals surface area contributed by atoms with E-state index in [1.807, 2.05) is 18.2 Å². The van der Waals surface area contributed by atoms with Crippen LogP contribution in [-0.4, -0.2) is 32.1 Å². The predicted molar refractivity (Wildman–Crippen MR) is 107 cm³/mol. The van der Waals surface area contributed by atoms with E-state index in [9.17, 15) is 4.79 Å². The van der Waals surface area contributed by atoms with Crippen LogP contribution in [0.1, 0.15) is 17.4 Å². The van der Waals surface area contributed by atoms with E-state index in [2.05, 4.69) is 40.1 Å². The first-order valence-electron chi connectivity index (χ1n) is 8.53. The van der Waals surface area contributed by atoms with Crippen LogP contribution >= 0.6 is 11.3 Å². The molecule has 0 aliphatic carbocycles. The zero-order valence-corrected chi connectivity index (χ0v) is 16.0. The standard InChI is InChI=1S/C19H26N4O2S/c1-14(9-17-7-4-8-26-17)11-22-19(21-2)23-12-15-5-3-6-16(10-15)25-13-18(20)24/h3-8,10,14H,9,11-13H2,1-2H3,(H2,20,24)(H2,21,22,23). The number of amides is 1. The molecular formula is C19H26N4O2S. The molecule has 0 spiro atoms. The van der Waals surface area contributed by atoms with Crippen LogP contribution in [0.5, 0.6) is 5.75 Å². The first kappa shape index (κ1) is 19.8. The number of nitrogens with one attached hydrogen (secondary N) is 2. The topological polar surface area (TPSA) is 88.7 Å². The van der Waals surface area contributed by atoms with E-state index in [1.54, 1.807) is 24.5 Å². The number of hydrogen-bond acceptors (Lipinski definition) is 4. The van der Waals surface area contributed by atoms with Gasteiger partial charge in [-0.15, -0.1) is 11.3 Å². The van der Waals surface area contributed by atoms with E-state index in [1.165, 1.54) is 4.88 Å². The van der Waals surface area contributed by atoms with Crippen molar-refractivity contribution >= 4 is 23.2 Å². The molecule has 1 aromatic carbocycles. The summed E-state index contributed by atoms with van der Waals surface area (Å²) in [5, 5.41) is 8.75. The Morgan fingerprint density at radius 2 is 2.15 bits per heavy atom. The van der Waals surface area contributed by atoms with Crippen LogP contribution in [0.25, 0.3) is 0 Å². The molecule has 6 nitrogen and oxygen atoms in total. The van der Waals surface area contributed by atoms with Crippen molar-refractivity contribution < 1.29 is 9.53 Å². The molecule has 0 fully saturated rings. The highest BCUT2D eigenvalue weighted by Crippen LogP contribution is 2.14. The molecule has 4 N–H and O–H groups in total. The number of nitrogens with zero attached hydrogens (tertiary/aromatic N) is 1. The molecule has 1 heterocycles. The van der Waals surface area contributed by atoms with Gasteiger partial charge in [-0.25, -0.2) is 0 Å². The van der Waals surface area contributed by atoms with Crippen molar-refractivity contribution in [2.75, 3.05) is 20.2 Å². The summed E-state index contributed by atoms with van der Waals surface area (Å²) in [6.07, 6.45) is 1.06. The molecule has 7 heteroatoms. The molecule has 0 saturated carbocycles. The highest BCUT2D eigenvalue weighted by Gasteiger charge is 2.06. The van der Waals surface area contributed by atoms with Crippen molar-refractivity contribution in [1.82, 2.24) is 10.6 Å². The van der Waals surface area contributed by atoms with Gasteiger partial charge in [-0.1, -0.05) is 25.1 Å². The number of carbonyl (C=O) groups excluding carboxylic acids is 1. The maximum absolute atomic E-state index is 10.8. The molecule has 0 bridgehead atoms. The van der Waals surface area contributed by atoms with Gasteiger partial charge in [0.25, 0.3) is 5.91 Å². The van der Waals surface area contributed by atoms with Crippen LogP contribution in [0.15, 0.2) is 46.8 Å². The number of guanidine groups is 1. The smallest absolute Gasteiger partial charge is 0.255 e. The first-order chi connectivity index (χ1) is 12.6. The Hall–Kier alpha value is -2.54. The van der Waals surface area contributed by atoms with Crippen LogP contribution < -0.4 is 21.1 Å². The molecule has 140 valence electrons. The van der Waals surface area contributed by atoms with Crippen molar-refractivity contribution in [1.29, 1.82) is 0 Å². The quantitative estimate of drug-likeness (QED) is 0.463. The molecular weight excluding hydrogens is 348 g/mol. The maximum Gasteiger partial charge on any atom is 0.255 e. The van der Waals surface area contributed by atoms with Crippen LogP contribution in [-0.2, 0) is 17.8 Å². The van der Waals surface area contributed by atoms with E-state index in [0.29, 0.717) is 18.2 Å². The summed E-state index contributed by atoms with van der Waals surface area (Å²) in [5.74, 6) is 1.40. The van der Waals surface area contributed by atoms with E-state index in [0.717, 1.165) is 24.5 Å². The number of carbonyl (C=O) groups is 1. The summed E-state index contributed by atoms with van der Waals surface area (Å²) in [5.41, 5.74) is 6.12. The number of nitrogens with two attached hydrogens (primary N) is 1. The fraction of sp³-hybridized carbons (Fsp3) is 0.368. The lowest BCUT2D eigenvalue weighted by molar-refractivity contribution is -0.119. The van der Waals surface area contributed by atoms with Gasteiger partial charge in [-0.3, -0.25) is 9.79 Å². The first-order valence-corrected chi connectivity index (χ1v) is 9.41. The van der Waals surface area contributed by atoms with Crippen LogP contribution in [0.4, 0.5) is 0 Å². The highest BCUT2D eigenvalue weighted by atomic mass is 32.1. The SMILES string of the molecule is CN=C(NCc1cccc(OCC(N)=O)c1)NCC(C)Cc1cccs1. The average molecular weight is 375 g/mol. The van der Waals surface area contributed by atoms with Gasteiger partial charge in [0.15, 0.2) is 12.6 Å². The molecule has 2 aromatic rings. The van der Waals surface area contributed by atoms with Crippen molar-refractivity contribution in [2.24, 2.45) is 16.6 Å². The number of ether oxygens (including phenoxy) is 1. The summed E-state index contributed by atoms with van der Waals surface area (Å²) in [6, 6.07) is 11.8. The Balaban J connectivity index is 1.77. The largest absolute Gasteiger partial charge is 0.484 e. The van der Waals surface area contributed by atoms with Gasteiger partial charge in [0, 0.05) is 25.0 Å². The minimum Gasteiger partial charge on any atom is -0.484 e. The van der Waals surface area contributed by atoms with Gasteiger partial charge in [-0.2, -0.15) is 0 Å². The zero-order chi connectivity index (χ0) is 18.8. The number of rotatable bonds is 9. The normalized spacial score (nSPS) is 12.5. The Labute approximate surface area is 158 Å². The van der Waals surface area contributed by atoms with Gasteiger partial charge < -0.3 is 21.1 Å². The monoisotopic (exact) mass is 374 g/mol. The molecule has 2 rings (SSSR count). The minimum absolute atomic E-state index is 0.123. The van der Waals surface area contributed by atoms with Gasteiger partial charge >= 0.3 is 0 Å². The maximum atomic E-state index is 10.8. The minimum atomic E-state index is -0.491. The lowest BCUT2D eigenvalue weighted by atomic mass is 10.1. The summed E-state index contributed by atoms with van der Waals surface area (Å²) >= 11 is 1.79. The highest BCUT2D eigenvalue weighted by molar-refractivity contribution is 7.09. The van der Waals surface area contributed by atoms with Gasteiger partial charge in [0.05, 0.1) is 0 Å². The number of primary amides is 1. The van der Waals surface area contributed by atoms with Crippen LogP contribution in [0.3, 0.4) is 0 Å². The molecule has 1 unspecified atom stereocenters. The van der Waals surface area contributed by atoms with Crippen molar-refractivity contribution in [3.8, 4) is 5.75 Å². The van der Waals surface area contributed by atoms with E-state index >= 15 is 0 Å².